The van der Waals surface area contributed by atoms with Crippen LogP contribution in [0.15, 0.2) is 69.9 Å². The first-order valence-corrected chi connectivity index (χ1v) is 10.0. The normalized spacial score (nSPS) is 15.3. The lowest BCUT2D eigenvalue weighted by Crippen LogP contribution is -2.43. The monoisotopic (exact) mass is 394 g/mol. The van der Waals surface area contributed by atoms with E-state index in [1.165, 1.54) is 0 Å². The summed E-state index contributed by atoms with van der Waals surface area (Å²) in [6.45, 7) is 2.68. The maximum Gasteiger partial charge on any atom is 0.338 e. The number of fused-ring (bicyclic) bond motifs is 1. The van der Waals surface area contributed by atoms with Crippen LogP contribution in [0.25, 0.3) is 17.0 Å². The minimum absolute atomic E-state index is 0.313. The van der Waals surface area contributed by atoms with Crippen LogP contribution in [-0.4, -0.2) is 25.7 Å². The van der Waals surface area contributed by atoms with E-state index in [0.29, 0.717) is 18.2 Å². The van der Waals surface area contributed by atoms with Gasteiger partial charge < -0.3 is 14.6 Å². The molecular formula is C23H23ClN2O2. The standard InChI is InChI=1S/C23H23ClN2O2/c24-18-7-3-5-17(15-18)6-4-14-26(19-10-12-25-13-11-19)21-16-23(27)28-22-9-2-1-8-20(21)22/h1-9,15-16,19,25H,10-14H2. The molecule has 0 amide bonds. The summed E-state index contributed by atoms with van der Waals surface area (Å²) in [4.78, 5) is 14.5. The fraction of sp³-hybridized carbons (Fsp3) is 0.261. The number of benzene rings is 2. The third-order valence-electron chi connectivity index (χ3n) is 5.15. The minimum atomic E-state index is -0.313. The summed E-state index contributed by atoms with van der Waals surface area (Å²) in [5.74, 6) is 0. The van der Waals surface area contributed by atoms with Gasteiger partial charge in [-0.05, 0) is 55.8 Å². The van der Waals surface area contributed by atoms with Crippen LogP contribution in [0.1, 0.15) is 18.4 Å². The average Bonchev–Trinajstić information content (AvgIpc) is 2.71. The molecule has 4 rings (SSSR count). The number of halogens is 1. The van der Waals surface area contributed by atoms with E-state index in [0.717, 1.165) is 47.6 Å². The van der Waals surface area contributed by atoms with Gasteiger partial charge in [-0.25, -0.2) is 4.79 Å². The number of piperidine rings is 1. The molecule has 0 radical (unpaired) electrons. The maximum atomic E-state index is 12.2. The van der Waals surface area contributed by atoms with E-state index in [-0.39, 0.29) is 5.63 Å². The molecule has 1 saturated heterocycles. The number of hydrogen-bond acceptors (Lipinski definition) is 4. The van der Waals surface area contributed by atoms with E-state index in [2.05, 4.69) is 22.4 Å². The van der Waals surface area contributed by atoms with Crippen molar-refractivity contribution in [1.82, 2.24) is 5.32 Å². The van der Waals surface area contributed by atoms with Crippen LogP contribution in [0.5, 0.6) is 0 Å². The molecule has 2 heterocycles. The fourth-order valence-electron chi connectivity index (χ4n) is 3.81. The number of nitrogens with zero attached hydrogens (tertiary/aromatic N) is 1. The Kier molecular flexibility index (Phi) is 5.79. The predicted octanol–water partition coefficient (Wildman–Crippen LogP) is 4.72. The second-order valence-corrected chi connectivity index (χ2v) is 7.47. The minimum Gasteiger partial charge on any atom is -0.423 e. The van der Waals surface area contributed by atoms with Crippen molar-refractivity contribution < 1.29 is 4.42 Å². The number of anilines is 1. The highest BCUT2D eigenvalue weighted by Gasteiger charge is 2.22. The van der Waals surface area contributed by atoms with Gasteiger partial charge in [-0.15, -0.1) is 0 Å². The zero-order chi connectivity index (χ0) is 19.3. The molecule has 5 heteroatoms. The molecule has 0 unspecified atom stereocenters. The molecule has 0 bridgehead atoms. The van der Waals surface area contributed by atoms with E-state index in [9.17, 15) is 4.79 Å². The highest BCUT2D eigenvalue weighted by Crippen LogP contribution is 2.29. The van der Waals surface area contributed by atoms with E-state index in [4.69, 9.17) is 16.0 Å². The van der Waals surface area contributed by atoms with Crippen molar-refractivity contribution in [2.24, 2.45) is 0 Å². The quantitative estimate of drug-likeness (QED) is 0.636. The highest BCUT2D eigenvalue weighted by atomic mass is 35.5. The van der Waals surface area contributed by atoms with Crippen LogP contribution >= 0.6 is 11.6 Å². The summed E-state index contributed by atoms with van der Waals surface area (Å²) in [6.07, 6.45) is 6.30. The molecule has 4 nitrogen and oxygen atoms in total. The molecule has 1 N–H and O–H groups in total. The Labute approximate surface area is 169 Å². The molecule has 1 aliphatic rings. The Balaban J connectivity index is 1.69. The average molecular weight is 395 g/mol. The number of hydrogen-bond donors (Lipinski definition) is 1. The van der Waals surface area contributed by atoms with Gasteiger partial charge in [-0.1, -0.05) is 48.0 Å². The fourth-order valence-corrected chi connectivity index (χ4v) is 4.01. The molecule has 0 aliphatic carbocycles. The van der Waals surface area contributed by atoms with Crippen LogP contribution in [0.4, 0.5) is 5.69 Å². The Hall–Kier alpha value is -2.56. The Bertz CT molecular complexity index is 1040. The number of rotatable bonds is 5. The maximum absolute atomic E-state index is 12.2. The van der Waals surface area contributed by atoms with Gasteiger partial charge in [0.25, 0.3) is 0 Å². The Morgan fingerprint density at radius 1 is 1.11 bits per heavy atom. The van der Waals surface area contributed by atoms with Crippen molar-refractivity contribution in [3.8, 4) is 0 Å². The Morgan fingerprint density at radius 3 is 2.75 bits per heavy atom. The lowest BCUT2D eigenvalue weighted by molar-refractivity contribution is 0.437. The van der Waals surface area contributed by atoms with Crippen molar-refractivity contribution in [2.75, 3.05) is 24.5 Å². The molecular weight excluding hydrogens is 372 g/mol. The molecule has 28 heavy (non-hydrogen) atoms. The van der Waals surface area contributed by atoms with E-state index in [1.807, 2.05) is 48.5 Å². The number of para-hydroxylation sites is 1. The molecule has 3 aromatic rings. The van der Waals surface area contributed by atoms with Crippen molar-refractivity contribution in [2.45, 2.75) is 18.9 Å². The van der Waals surface area contributed by atoms with Gasteiger partial charge in [0.2, 0.25) is 0 Å². The van der Waals surface area contributed by atoms with Crippen LogP contribution < -0.4 is 15.8 Å². The second kappa shape index (κ2) is 8.63. The third kappa shape index (κ3) is 4.29. The molecule has 2 aromatic carbocycles. The van der Waals surface area contributed by atoms with Crippen molar-refractivity contribution in [3.05, 3.63) is 81.7 Å². The summed E-state index contributed by atoms with van der Waals surface area (Å²) < 4.78 is 5.40. The van der Waals surface area contributed by atoms with Gasteiger partial charge in [0.1, 0.15) is 5.58 Å². The molecule has 1 aliphatic heterocycles. The van der Waals surface area contributed by atoms with Crippen LogP contribution in [0.2, 0.25) is 5.02 Å². The Morgan fingerprint density at radius 2 is 1.93 bits per heavy atom. The second-order valence-electron chi connectivity index (χ2n) is 7.04. The van der Waals surface area contributed by atoms with Gasteiger partial charge in [-0.3, -0.25) is 0 Å². The smallest absolute Gasteiger partial charge is 0.338 e. The predicted molar refractivity (Wildman–Crippen MR) is 116 cm³/mol. The van der Waals surface area contributed by atoms with Gasteiger partial charge in [0, 0.05) is 29.1 Å². The van der Waals surface area contributed by atoms with Crippen molar-refractivity contribution in [3.63, 3.8) is 0 Å². The van der Waals surface area contributed by atoms with Crippen LogP contribution in [0.3, 0.4) is 0 Å². The van der Waals surface area contributed by atoms with Crippen LogP contribution in [0, 0.1) is 0 Å². The SMILES string of the molecule is O=c1cc(N(CC=Cc2cccc(Cl)c2)C2CCNCC2)c2ccccc2o1. The highest BCUT2D eigenvalue weighted by molar-refractivity contribution is 6.30. The zero-order valence-corrected chi connectivity index (χ0v) is 16.4. The van der Waals surface area contributed by atoms with Crippen molar-refractivity contribution in [1.29, 1.82) is 0 Å². The van der Waals surface area contributed by atoms with Crippen molar-refractivity contribution >= 4 is 34.3 Å². The summed E-state index contributed by atoms with van der Waals surface area (Å²) in [7, 11) is 0. The summed E-state index contributed by atoms with van der Waals surface area (Å²) in [5, 5.41) is 5.11. The summed E-state index contributed by atoms with van der Waals surface area (Å²) in [5.41, 5.74) is 2.32. The van der Waals surface area contributed by atoms with Gasteiger partial charge in [0.15, 0.2) is 0 Å². The first-order chi connectivity index (χ1) is 13.7. The first kappa shape index (κ1) is 18.8. The molecule has 0 atom stereocenters. The van der Waals surface area contributed by atoms with Crippen LogP contribution in [-0.2, 0) is 0 Å². The topological polar surface area (TPSA) is 45.5 Å². The van der Waals surface area contributed by atoms with E-state index >= 15 is 0 Å². The largest absolute Gasteiger partial charge is 0.423 e. The lowest BCUT2D eigenvalue weighted by Gasteiger charge is -2.36. The van der Waals surface area contributed by atoms with Gasteiger partial charge in [0.05, 0.1) is 5.69 Å². The molecule has 1 fully saturated rings. The van der Waals surface area contributed by atoms with E-state index < -0.39 is 0 Å². The summed E-state index contributed by atoms with van der Waals surface area (Å²) in [6, 6.07) is 17.5. The molecule has 144 valence electrons. The lowest BCUT2D eigenvalue weighted by atomic mass is 10.0. The van der Waals surface area contributed by atoms with E-state index in [1.54, 1.807) is 6.07 Å². The molecule has 0 saturated carbocycles. The van der Waals surface area contributed by atoms with Gasteiger partial charge >= 0.3 is 5.63 Å². The first-order valence-electron chi connectivity index (χ1n) is 9.63. The summed E-state index contributed by atoms with van der Waals surface area (Å²) >= 11 is 6.09. The third-order valence-corrected chi connectivity index (χ3v) is 5.38. The number of nitrogens with one attached hydrogen (secondary N) is 1. The zero-order valence-electron chi connectivity index (χ0n) is 15.6. The molecule has 1 aromatic heterocycles. The molecule has 0 spiro atoms. The van der Waals surface area contributed by atoms with Gasteiger partial charge in [-0.2, -0.15) is 0 Å².